The molecule has 3 rings (SSSR count). The molecule has 3 N–H and O–H groups in total. The number of rotatable bonds is 7. The molecule has 0 spiro atoms. The lowest BCUT2D eigenvalue weighted by molar-refractivity contribution is 0.0950. The predicted molar refractivity (Wildman–Crippen MR) is 115 cm³/mol. The zero-order chi connectivity index (χ0) is 18.4. The lowest BCUT2D eigenvalue weighted by Gasteiger charge is -2.23. The van der Waals surface area contributed by atoms with Crippen LogP contribution in [0.25, 0.3) is 0 Å². The minimum absolute atomic E-state index is 0. The van der Waals surface area contributed by atoms with Gasteiger partial charge in [-0.15, -0.1) is 24.8 Å². The summed E-state index contributed by atoms with van der Waals surface area (Å²) in [6, 6.07) is 1.86. The molecule has 0 radical (unpaired) electrons. The second-order valence-electron chi connectivity index (χ2n) is 6.94. The fourth-order valence-corrected chi connectivity index (χ4v) is 3.42. The van der Waals surface area contributed by atoms with Gasteiger partial charge < -0.3 is 20.2 Å². The Labute approximate surface area is 177 Å². The number of hydrogen-bond acceptors (Lipinski definition) is 4. The average molecular weight is 430 g/mol. The van der Waals surface area contributed by atoms with Gasteiger partial charge in [0, 0.05) is 38.1 Å². The molecule has 1 atom stereocenters. The number of pyridine rings is 1. The first-order valence-electron chi connectivity index (χ1n) is 9.32. The number of carbonyl (C=O) groups excluding carboxylic acids is 1. The summed E-state index contributed by atoms with van der Waals surface area (Å²) >= 11 is 0. The summed E-state index contributed by atoms with van der Waals surface area (Å²) in [6.07, 6.45) is 9.08. The Hall–Kier alpha value is -1.83. The van der Waals surface area contributed by atoms with E-state index in [0.29, 0.717) is 19.0 Å². The molecule has 0 aromatic carbocycles. The Bertz CT molecular complexity index is 786. The van der Waals surface area contributed by atoms with Crippen molar-refractivity contribution >= 4 is 30.7 Å². The zero-order valence-electron chi connectivity index (χ0n) is 16.1. The largest absolute Gasteiger partial charge is 0.352 e. The molecule has 1 saturated heterocycles. The normalized spacial score (nSPS) is 16.0. The Balaban J connectivity index is 0.00000196. The highest BCUT2D eigenvalue weighted by Crippen LogP contribution is 2.12. The third-order valence-corrected chi connectivity index (χ3v) is 4.89. The fourth-order valence-electron chi connectivity index (χ4n) is 3.42. The summed E-state index contributed by atoms with van der Waals surface area (Å²) in [6.45, 7) is 4.95. The number of aromatic amines is 1. The molecule has 156 valence electrons. The Morgan fingerprint density at radius 2 is 2.21 bits per heavy atom. The van der Waals surface area contributed by atoms with Crippen LogP contribution in [0.15, 0.2) is 29.5 Å². The number of nitrogens with zero attached hydrogens (tertiary/aromatic N) is 2. The van der Waals surface area contributed by atoms with E-state index in [-0.39, 0.29) is 41.8 Å². The van der Waals surface area contributed by atoms with Crippen molar-refractivity contribution in [3.63, 3.8) is 0 Å². The van der Waals surface area contributed by atoms with Gasteiger partial charge in [0.25, 0.3) is 11.5 Å². The fraction of sp³-hybridized carbons (Fsp3) is 0.526. The molecule has 0 aliphatic carbocycles. The van der Waals surface area contributed by atoms with E-state index in [1.54, 1.807) is 23.2 Å². The first-order valence-corrected chi connectivity index (χ1v) is 9.32. The Morgan fingerprint density at radius 1 is 1.39 bits per heavy atom. The van der Waals surface area contributed by atoms with Crippen LogP contribution >= 0.6 is 24.8 Å². The summed E-state index contributed by atoms with van der Waals surface area (Å²) in [4.78, 5) is 32.5. The lowest BCUT2D eigenvalue weighted by atomic mass is 9.99. The van der Waals surface area contributed by atoms with E-state index in [1.807, 2.05) is 13.0 Å². The van der Waals surface area contributed by atoms with Crippen LogP contribution in [0.2, 0.25) is 0 Å². The average Bonchev–Trinajstić information content (AvgIpc) is 3.16. The second-order valence-corrected chi connectivity index (χ2v) is 6.94. The summed E-state index contributed by atoms with van der Waals surface area (Å²) in [7, 11) is 0. The number of halogens is 2. The summed E-state index contributed by atoms with van der Waals surface area (Å²) in [5.41, 5.74) is 0.782. The number of nitrogens with one attached hydrogen (secondary N) is 3. The summed E-state index contributed by atoms with van der Waals surface area (Å²) < 4.78 is 1.68. The van der Waals surface area contributed by atoms with Gasteiger partial charge in [0.05, 0.1) is 0 Å². The van der Waals surface area contributed by atoms with Crippen molar-refractivity contribution in [3.8, 4) is 0 Å². The molecule has 2 aromatic rings. The van der Waals surface area contributed by atoms with Crippen molar-refractivity contribution < 1.29 is 4.79 Å². The van der Waals surface area contributed by atoms with Crippen molar-refractivity contribution in [1.82, 2.24) is 25.2 Å². The number of carbonyl (C=O) groups is 1. The number of aromatic nitrogens is 3. The van der Waals surface area contributed by atoms with E-state index >= 15 is 0 Å². The van der Waals surface area contributed by atoms with E-state index in [4.69, 9.17) is 0 Å². The van der Waals surface area contributed by atoms with Gasteiger partial charge in [0.1, 0.15) is 11.4 Å². The van der Waals surface area contributed by atoms with Crippen LogP contribution in [0, 0.1) is 12.8 Å². The smallest absolute Gasteiger partial charge is 0.263 e. The molecule has 1 unspecified atom stereocenters. The maximum atomic E-state index is 12.8. The molecule has 3 heterocycles. The quantitative estimate of drug-likeness (QED) is 0.587. The van der Waals surface area contributed by atoms with Gasteiger partial charge in [-0.1, -0.05) is 0 Å². The third kappa shape index (κ3) is 6.36. The lowest BCUT2D eigenvalue weighted by Crippen LogP contribution is -2.38. The van der Waals surface area contributed by atoms with Gasteiger partial charge in [-0.2, -0.15) is 0 Å². The molecule has 7 nitrogen and oxygen atoms in total. The maximum absolute atomic E-state index is 12.8. The van der Waals surface area contributed by atoms with E-state index < -0.39 is 0 Å². The van der Waals surface area contributed by atoms with Crippen molar-refractivity contribution in [3.05, 3.63) is 52.0 Å². The van der Waals surface area contributed by atoms with Crippen LogP contribution in [-0.4, -0.2) is 40.1 Å². The molecule has 0 saturated carbocycles. The monoisotopic (exact) mass is 429 g/mol. The first-order chi connectivity index (χ1) is 12.6. The van der Waals surface area contributed by atoms with Gasteiger partial charge in [-0.05, 0) is 56.8 Å². The molecule has 9 heteroatoms. The van der Waals surface area contributed by atoms with Crippen LogP contribution in [0.5, 0.6) is 0 Å². The highest BCUT2D eigenvalue weighted by Gasteiger charge is 2.18. The minimum atomic E-state index is -0.289. The highest BCUT2D eigenvalue weighted by atomic mass is 35.5. The molecule has 1 aliphatic heterocycles. The predicted octanol–water partition coefficient (Wildman–Crippen LogP) is 2.09. The Kier molecular flexibility index (Phi) is 10.3. The molecular weight excluding hydrogens is 401 g/mol. The van der Waals surface area contributed by atoms with Crippen LogP contribution in [-0.2, 0) is 13.0 Å². The van der Waals surface area contributed by atoms with E-state index in [9.17, 15) is 9.59 Å². The van der Waals surface area contributed by atoms with Gasteiger partial charge in [0.15, 0.2) is 0 Å². The zero-order valence-corrected chi connectivity index (χ0v) is 17.7. The number of hydrogen-bond donors (Lipinski definition) is 3. The molecule has 1 aliphatic rings. The molecule has 2 aromatic heterocycles. The van der Waals surface area contributed by atoms with Gasteiger partial charge in [0.2, 0.25) is 0 Å². The summed E-state index contributed by atoms with van der Waals surface area (Å²) in [5, 5.41) is 6.23. The Morgan fingerprint density at radius 3 is 2.89 bits per heavy atom. The van der Waals surface area contributed by atoms with Crippen molar-refractivity contribution in [2.75, 3.05) is 19.6 Å². The van der Waals surface area contributed by atoms with Crippen LogP contribution in [0.1, 0.15) is 41.0 Å². The number of imidazole rings is 1. The van der Waals surface area contributed by atoms with Crippen LogP contribution in [0.4, 0.5) is 0 Å². The number of amides is 1. The van der Waals surface area contributed by atoms with Crippen molar-refractivity contribution in [2.24, 2.45) is 5.92 Å². The maximum Gasteiger partial charge on any atom is 0.263 e. The first kappa shape index (κ1) is 24.2. The molecule has 1 fully saturated rings. The highest BCUT2D eigenvalue weighted by molar-refractivity contribution is 5.95. The molecule has 1 amide bonds. The molecule has 28 heavy (non-hydrogen) atoms. The molecule has 0 bridgehead atoms. The van der Waals surface area contributed by atoms with Crippen molar-refractivity contribution in [2.45, 2.75) is 39.2 Å². The number of piperidine rings is 1. The van der Waals surface area contributed by atoms with Gasteiger partial charge in [-0.3, -0.25) is 9.59 Å². The van der Waals surface area contributed by atoms with E-state index in [0.717, 1.165) is 50.2 Å². The third-order valence-electron chi connectivity index (χ3n) is 4.89. The number of aryl methyl sites for hydroxylation is 2. The summed E-state index contributed by atoms with van der Waals surface area (Å²) in [5.74, 6) is 1.05. The van der Waals surface area contributed by atoms with Crippen molar-refractivity contribution in [1.29, 1.82) is 0 Å². The molecular formula is C19H29Cl2N5O2. The van der Waals surface area contributed by atoms with E-state index in [2.05, 4.69) is 20.6 Å². The van der Waals surface area contributed by atoms with Gasteiger partial charge in [-0.25, -0.2) is 4.98 Å². The van der Waals surface area contributed by atoms with E-state index in [1.165, 1.54) is 0 Å². The number of H-pyrrole nitrogens is 1. The second kappa shape index (κ2) is 11.9. The van der Waals surface area contributed by atoms with Crippen LogP contribution in [0.3, 0.4) is 0 Å². The topological polar surface area (TPSA) is 91.8 Å². The van der Waals surface area contributed by atoms with Crippen LogP contribution < -0.4 is 16.2 Å². The standard InChI is InChI=1S/C19H27N5O2.2ClH/c1-14-6-11-24(13-15-4-2-7-20-12-15)19(26)17(14)18(25)23-8-3-5-16-21-9-10-22-16;;/h6,9-11,15,20H,2-5,7-8,12-13H2,1H3,(H,21,22)(H,23,25);2*1H. The minimum Gasteiger partial charge on any atom is -0.352 e. The SMILES string of the molecule is Cc1ccn(CC2CCCNC2)c(=O)c1C(=O)NCCCc1ncc[nH]1.Cl.Cl. The van der Waals surface area contributed by atoms with Gasteiger partial charge >= 0.3 is 0 Å².